The van der Waals surface area contributed by atoms with Crippen molar-refractivity contribution < 1.29 is 8.58 Å². The van der Waals surface area contributed by atoms with Crippen LogP contribution in [-0.2, 0) is 8.58 Å². The molecule has 58 valence electrons. The molecule has 1 saturated heterocycles. The van der Waals surface area contributed by atoms with Crippen LogP contribution in [0.4, 0.5) is 0 Å². The van der Waals surface area contributed by atoms with Crippen LogP contribution in [0.2, 0.25) is 0 Å². The van der Waals surface area contributed by atoms with Gasteiger partial charge in [-0.15, -0.1) is 0 Å². The van der Waals surface area contributed by atoms with Crippen molar-refractivity contribution in [2.75, 3.05) is 13.2 Å². The van der Waals surface area contributed by atoms with Gasteiger partial charge in [-0.25, -0.2) is 0 Å². The summed E-state index contributed by atoms with van der Waals surface area (Å²) in [6, 6.07) is 0. The molecule has 0 unspecified atom stereocenters. The van der Waals surface area contributed by atoms with Crippen molar-refractivity contribution in [3.05, 3.63) is 0 Å². The summed E-state index contributed by atoms with van der Waals surface area (Å²) >= 11 is 8.53. The van der Waals surface area contributed by atoms with Crippen LogP contribution < -0.4 is 0 Å². The van der Waals surface area contributed by atoms with Crippen molar-refractivity contribution in [1.82, 2.24) is 0 Å². The summed E-state index contributed by atoms with van der Waals surface area (Å²) in [7, 11) is 0. The average molecular weight is 193 g/mol. The summed E-state index contributed by atoms with van der Waals surface area (Å²) in [6.45, 7) is 2.00. The fourth-order valence-electron chi connectivity index (χ4n) is 0.510. The van der Waals surface area contributed by atoms with E-state index in [1.807, 2.05) is 0 Å². The lowest BCUT2D eigenvalue weighted by Gasteiger charge is -1.76. The molecule has 2 nitrogen and oxygen atoms in total. The smallest absolute Gasteiger partial charge is 0.0832 e. The van der Waals surface area contributed by atoms with Crippen molar-refractivity contribution in [3.63, 3.8) is 0 Å². The Morgan fingerprint density at radius 1 is 1.11 bits per heavy atom. The van der Waals surface area contributed by atoms with E-state index >= 15 is 0 Å². The van der Waals surface area contributed by atoms with E-state index in [0.29, 0.717) is 0 Å². The Labute approximate surface area is 72.2 Å². The Morgan fingerprint density at radius 3 is 1.56 bits per heavy atom. The van der Waals surface area contributed by atoms with Gasteiger partial charge in [0.2, 0.25) is 0 Å². The van der Waals surface area contributed by atoms with Crippen LogP contribution in [0.15, 0.2) is 0 Å². The molecule has 9 heavy (non-hydrogen) atoms. The summed E-state index contributed by atoms with van der Waals surface area (Å²) in [6.07, 6.45) is 2.56. The van der Waals surface area contributed by atoms with Gasteiger partial charge in [0, 0.05) is 13.2 Å². The third-order valence-electron chi connectivity index (χ3n) is 0.827. The molecule has 0 spiro atoms. The largest absolute Gasteiger partial charge is 0.381 e. The fourth-order valence-corrected chi connectivity index (χ4v) is 0.510. The van der Waals surface area contributed by atoms with Crippen molar-refractivity contribution >= 4 is 37.2 Å². The van der Waals surface area contributed by atoms with Crippen molar-refractivity contribution in [1.29, 1.82) is 0 Å². The van der Waals surface area contributed by atoms with E-state index in [2.05, 4.69) is 27.6 Å². The molecule has 0 aliphatic carbocycles. The molecular formula is C4H10Cl2O2S. The summed E-state index contributed by atoms with van der Waals surface area (Å²) in [4.78, 5) is 0. The van der Waals surface area contributed by atoms with Crippen molar-refractivity contribution in [2.45, 2.75) is 12.8 Å². The van der Waals surface area contributed by atoms with Crippen molar-refractivity contribution in [3.8, 4) is 0 Å². The van der Waals surface area contributed by atoms with E-state index in [4.69, 9.17) is 4.74 Å². The minimum Gasteiger partial charge on any atom is -0.381 e. The zero-order chi connectivity index (χ0) is 6.24. The molecular weight excluding hydrogens is 183 g/mol. The molecule has 0 aromatic heterocycles. The van der Waals surface area contributed by atoms with Crippen LogP contribution in [0.5, 0.6) is 0 Å². The summed E-state index contributed by atoms with van der Waals surface area (Å²) in [5.74, 6) is 0. The van der Waals surface area contributed by atoms with Gasteiger partial charge in [0.1, 0.15) is 0 Å². The molecule has 0 saturated carbocycles. The average Bonchev–Trinajstić information content (AvgIpc) is 2.17. The second-order valence-corrected chi connectivity index (χ2v) is 1.84. The molecule has 0 atom stereocenters. The van der Waals surface area contributed by atoms with Gasteiger partial charge in [-0.1, -0.05) is 0 Å². The second-order valence-electron chi connectivity index (χ2n) is 1.38. The minimum atomic E-state index is 0. The lowest BCUT2D eigenvalue weighted by Crippen LogP contribution is -1.74. The number of rotatable bonds is 0. The highest BCUT2D eigenvalue weighted by molar-refractivity contribution is 7.59. The van der Waals surface area contributed by atoms with Gasteiger partial charge in [-0.3, -0.25) is 0 Å². The Balaban J connectivity index is 0. The lowest BCUT2D eigenvalue weighted by molar-refractivity contribution is 0.198. The third kappa shape index (κ3) is 12.1. The van der Waals surface area contributed by atoms with Crippen molar-refractivity contribution in [2.24, 2.45) is 0 Å². The first-order valence-electron chi connectivity index (χ1n) is 2.39. The monoisotopic (exact) mass is 192 g/mol. The van der Waals surface area contributed by atoms with E-state index < -0.39 is 0 Å². The number of hydrogen-bond donors (Lipinski definition) is 0. The zero-order valence-electron chi connectivity index (χ0n) is 4.90. The van der Waals surface area contributed by atoms with E-state index in [9.17, 15) is 0 Å². The molecule has 0 amide bonds. The minimum absolute atomic E-state index is 0. The normalized spacial score (nSPS) is 15.3. The topological polar surface area (TPSA) is 18.5 Å². The molecule has 1 aliphatic rings. The lowest BCUT2D eigenvalue weighted by atomic mass is 10.4. The highest BCUT2D eigenvalue weighted by Gasteiger charge is 1.94. The molecule has 0 bridgehead atoms. The maximum Gasteiger partial charge on any atom is 0.0832 e. The SMILES string of the molecule is C1CCOC1.ClOCl.S. The first-order valence-corrected chi connectivity index (χ1v) is 3.00. The predicted molar refractivity (Wildman–Crippen MR) is 43.2 cm³/mol. The maximum absolute atomic E-state index is 4.94. The van der Waals surface area contributed by atoms with E-state index in [0.717, 1.165) is 13.2 Å². The van der Waals surface area contributed by atoms with Crippen LogP contribution in [0.3, 0.4) is 0 Å². The van der Waals surface area contributed by atoms with Gasteiger partial charge >= 0.3 is 0 Å². The Hall–Kier alpha value is 0.850. The highest BCUT2D eigenvalue weighted by Crippen LogP contribution is 1.98. The second kappa shape index (κ2) is 11.6. The van der Waals surface area contributed by atoms with Gasteiger partial charge in [0.15, 0.2) is 0 Å². The zero-order valence-corrected chi connectivity index (χ0v) is 7.41. The van der Waals surface area contributed by atoms with E-state index in [1.54, 1.807) is 0 Å². The molecule has 1 aliphatic heterocycles. The Kier molecular flexibility index (Phi) is 16.2. The van der Waals surface area contributed by atoms with Gasteiger partial charge in [0.05, 0.1) is 23.7 Å². The van der Waals surface area contributed by atoms with Crippen LogP contribution in [0.1, 0.15) is 12.8 Å². The highest BCUT2D eigenvalue weighted by atomic mass is 35.6. The van der Waals surface area contributed by atoms with Gasteiger partial charge in [-0.2, -0.15) is 17.3 Å². The standard InChI is InChI=1S/C4H8O.Cl2O.H2S/c1-2-4-5-3-1;1-3-2;/h1-4H2;;1H2. The first kappa shape index (κ1) is 12.5. The molecule has 0 radical (unpaired) electrons. The molecule has 1 rings (SSSR count). The number of ether oxygens (including phenoxy) is 1. The van der Waals surface area contributed by atoms with Crippen LogP contribution in [-0.4, -0.2) is 13.2 Å². The molecule has 0 aromatic rings. The van der Waals surface area contributed by atoms with E-state index in [1.165, 1.54) is 12.8 Å². The van der Waals surface area contributed by atoms with Gasteiger partial charge < -0.3 is 4.74 Å². The Morgan fingerprint density at radius 2 is 1.44 bits per heavy atom. The fraction of sp³-hybridized carbons (Fsp3) is 1.00. The van der Waals surface area contributed by atoms with Gasteiger partial charge in [0.25, 0.3) is 0 Å². The molecule has 0 N–H and O–H groups in total. The molecule has 5 heteroatoms. The van der Waals surface area contributed by atoms with Gasteiger partial charge in [-0.05, 0) is 12.8 Å². The Bertz CT molecular complexity index is 35.9. The quantitative estimate of drug-likeness (QED) is 0.587. The van der Waals surface area contributed by atoms with E-state index in [-0.39, 0.29) is 13.5 Å². The summed E-state index contributed by atoms with van der Waals surface area (Å²) < 4.78 is 8.14. The summed E-state index contributed by atoms with van der Waals surface area (Å²) in [5.41, 5.74) is 0. The number of halogens is 2. The molecule has 1 heterocycles. The number of hydrogen-bond acceptors (Lipinski definition) is 2. The predicted octanol–water partition coefficient (Wildman–Crippen LogP) is 2.22. The van der Waals surface area contributed by atoms with Crippen LogP contribution in [0, 0.1) is 0 Å². The van der Waals surface area contributed by atoms with Crippen LogP contribution >= 0.6 is 37.2 Å². The van der Waals surface area contributed by atoms with Crippen LogP contribution in [0.25, 0.3) is 0 Å². The molecule has 0 aromatic carbocycles. The summed E-state index contributed by atoms with van der Waals surface area (Å²) in [5, 5.41) is 0. The maximum atomic E-state index is 4.94. The third-order valence-corrected chi connectivity index (χ3v) is 0.827. The molecule has 1 fully saturated rings. The first-order chi connectivity index (χ1) is 3.91.